The Morgan fingerprint density at radius 1 is 0.733 bits per heavy atom. The summed E-state index contributed by atoms with van der Waals surface area (Å²) in [6, 6.07) is 29.8. The predicted octanol–water partition coefficient (Wildman–Crippen LogP) is 4.22. The van der Waals surface area contributed by atoms with Gasteiger partial charge in [-0.1, -0.05) is 84.9 Å². The number of carbonyl (C=O) groups is 1. The summed E-state index contributed by atoms with van der Waals surface area (Å²) < 4.78 is 0. The quantitative estimate of drug-likeness (QED) is 0.645. The molecule has 0 bridgehead atoms. The first-order valence-corrected chi connectivity index (χ1v) is 10.5. The highest BCUT2D eigenvalue weighted by molar-refractivity contribution is 5.70. The summed E-state index contributed by atoms with van der Waals surface area (Å²) in [7, 11) is 0. The molecule has 154 valence electrons. The van der Waals surface area contributed by atoms with Crippen LogP contribution in [0.2, 0.25) is 0 Å². The van der Waals surface area contributed by atoms with Crippen LogP contribution in [0.1, 0.15) is 28.3 Å². The highest BCUT2D eigenvalue weighted by Gasteiger charge is 2.26. The van der Waals surface area contributed by atoms with Crippen molar-refractivity contribution in [1.29, 1.82) is 0 Å². The van der Waals surface area contributed by atoms with E-state index in [1.807, 2.05) is 12.1 Å². The van der Waals surface area contributed by atoms with Crippen molar-refractivity contribution >= 4 is 5.97 Å². The standard InChI is InChI=1S/C26H28N2O2/c29-25(30)19-21-11-13-22(14-12-21)20-27-15-17-28(18-16-27)26(23-7-3-1-4-8-23)24-9-5-2-6-10-24/h1-14,26H,15-20H2,(H,29,30). The molecule has 1 N–H and O–H groups in total. The average molecular weight is 401 g/mol. The second kappa shape index (κ2) is 9.70. The van der Waals surface area contributed by atoms with E-state index in [9.17, 15) is 4.79 Å². The number of carboxylic acids is 1. The van der Waals surface area contributed by atoms with Gasteiger partial charge in [-0.05, 0) is 22.3 Å². The van der Waals surface area contributed by atoms with Gasteiger partial charge < -0.3 is 5.11 Å². The number of hydrogen-bond donors (Lipinski definition) is 1. The molecule has 0 aliphatic carbocycles. The number of rotatable bonds is 7. The van der Waals surface area contributed by atoms with Crippen LogP contribution in [0.25, 0.3) is 0 Å². The number of benzene rings is 3. The first-order valence-electron chi connectivity index (χ1n) is 10.5. The normalized spacial score (nSPS) is 15.4. The largest absolute Gasteiger partial charge is 0.481 e. The van der Waals surface area contributed by atoms with E-state index in [4.69, 9.17) is 5.11 Å². The van der Waals surface area contributed by atoms with Gasteiger partial charge in [0.2, 0.25) is 0 Å². The molecule has 4 nitrogen and oxygen atoms in total. The predicted molar refractivity (Wildman–Crippen MR) is 119 cm³/mol. The van der Waals surface area contributed by atoms with E-state index >= 15 is 0 Å². The number of piperazine rings is 1. The molecule has 0 amide bonds. The van der Waals surface area contributed by atoms with Crippen LogP contribution in [0.4, 0.5) is 0 Å². The summed E-state index contributed by atoms with van der Waals surface area (Å²) in [5, 5.41) is 8.92. The number of hydrogen-bond acceptors (Lipinski definition) is 3. The van der Waals surface area contributed by atoms with Crippen LogP contribution in [-0.2, 0) is 17.8 Å². The lowest BCUT2D eigenvalue weighted by molar-refractivity contribution is -0.136. The molecule has 30 heavy (non-hydrogen) atoms. The summed E-state index contributed by atoms with van der Waals surface area (Å²) in [5.41, 5.74) is 4.77. The van der Waals surface area contributed by atoms with Gasteiger partial charge >= 0.3 is 5.97 Å². The lowest BCUT2D eigenvalue weighted by Gasteiger charge is -2.40. The maximum atomic E-state index is 10.8. The zero-order valence-electron chi connectivity index (χ0n) is 17.2. The average Bonchev–Trinajstić information content (AvgIpc) is 2.78. The fourth-order valence-electron chi connectivity index (χ4n) is 4.26. The van der Waals surface area contributed by atoms with Gasteiger partial charge in [0, 0.05) is 32.7 Å². The van der Waals surface area contributed by atoms with Gasteiger partial charge in [0.1, 0.15) is 0 Å². The monoisotopic (exact) mass is 400 g/mol. The molecule has 0 radical (unpaired) electrons. The van der Waals surface area contributed by atoms with Gasteiger partial charge in [0.25, 0.3) is 0 Å². The molecule has 1 saturated heterocycles. The molecule has 0 atom stereocenters. The summed E-state index contributed by atoms with van der Waals surface area (Å²) in [6.45, 7) is 4.99. The molecular weight excluding hydrogens is 372 g/mol. The summed E-state index contributed by atoms with van der Waals surface area (Å²) in [5.74, 6) is -0.787. The topological polar surface area (TPSA) is 43.8 Å². The highest BCUT2D eigenvalue weighted by atomic mass is 16.4. The van der Waals surface area contributed by atoms with Crippen molar-refractivity contribution in [3.63, 3.8) is 0 Å². The Labute approximate surface area is 178 Å². The smallest absolute Gasteiger partial charge is 0.307 e. The van der Waals surface area contributed by atoms with Crippen molar-refractivity contribution < 1.29 is 9.90 Å². The van der Waals surface area contributed by atoms with E-state index in [1.54, 1.807) is 0 Å². The van der Waals surface area contributed by atoms with Crippen LogP contribution in [-0.4, -0.2) is 47.1 Å². The van der Waals surface area contributed by atoms with Crippen LogP contribution < -0.4 is 0 Å². The maximum Gasteiger partial charge on any atom is 0.307 e. The second-order valence-corrected chi connectivity index (χ2v) is 7.92. The fourth-order valence-corrected chi connectivity index (χ4v) is 4.26. The first-order chi connectivity index (χ1) is 14.7. The van der Waals surface area contributed by atoms with E-state index < -0.39 is 5.97 Å². The molecule has 4 rings (SSSR count). The van der Waals surface area contributed by atoms with Gasteiger partial charge in [-0.25, -0.2) is 0 Å². The molecule has 0 saturated carbocycles. The Balaban J connectivity index is 1.40. The Bertz CT molecular complexity index is 894. The first kappa shape index (κ1) is 20.3. The molecule has 3 aromatic carbocycles. The number of carboxylic acid groups (broad SMARTS) is 1. The molecular formula is C26H28N2O2. The molecule has 4 heteroatoms. The van der Waals surface area contributed by atoms with Gasteiger partial charge in [-0.3, -0.25) is 14.6 Å². The summed E-state index contributed by atoms with van der Waals surface area (Å²) >= 11 is 0. The Hall–Kier alpha value is -2.95. The maximum absolute atomic E-state index is 10.8. The Morgan fingerprint density at radius 3 is 1.73 bits per heavy atom. The van der Waals surface area contributed by atoms with Crippen LogP contribution >= 0.6 is 0 Å². The van der Waals surface area contributed by atoms with E-state index in [2.05, 4.69) is 82.6 Å². The molecule has 3 aromatic rings. The molecule has 1 heterocycles. The van der Waals surface area contributed by atoms with Crippen molar-refractivity contribution in [3.8, 4) is 0 Å². The van der Waals surface area contributed by atoms with Crippen molar-refractivity contribution in [1.82, 2.24) is 9.80 Å². The molecule has 1 aliphatic heterocycles. The second-order valence-electron chi connectivity index (χ2n) is 7.92. The van der Waals surface area contributed by atoms with E-state index in [0.717, 1.165) is 38.3 Å². The minimum atomic E-state index is -0.787. The molecule has 0 aromatic heterocycles. The van der Waals surface area contributed by atoms with Crippen LogP contribution in [0.5, 0.6) is 0 Å². The summed E-state index contributed by atoms with van der Waals surface area (Å²) in [6.07, 6.45) is 0.0827. The minimum Gasteiger partial charge on any atom is -0.481 e. The van der Waals surface area contributed by atoms with E-state index in [-0.39, 0.29) is 12.5 Å². The molecule has 0 spiro atoms. The zero-order valence-corrected chi connectivity index (χ0v) is 17.2. The van der Waals surface area contributed by atoms with Crippen molar-refractivity contribution in [3.05, 3.63) is 107 Å². The van der Waals surface area contributed by atoms with Crippen LogP contribution in [0, 0.1) is 0 Å². The van der Waals surface area contributed by atoms with Gasteiger partial charge in [0.05, 0.1) is 12.5 Å². The minimum absolute atomic E-state index is 0.0827. The highest BCUT2D eigenvalue weighted by Crippen LogP contribution is 2.29. The molecule has 0 unspecified atom stereocenters. The Kier molecular flexibility index (Phi) is 6.57. The zero-order chi connectivity index (χ0) is 20.8. The third-order valence-corrected chi connectivity index (χ3v) is 5.79. The molecule has 1 aliphatic rings. The van der Waals surface area contributed by atoms with Gasteiger partial charge in [-0.15, -0.1) is 0 Å². The third-order valence-electron chi connectivity index (χ3n) is 5.79. The van der Waals surface area contributed by atoms with E-state index in [1.165, 1.54) is 16.7 Å². The fraction of sp³-hybridized carbons (Fsp3) is 0.269. The third kappa shape index (κ3) is 5.15. The Morgan fingerprint density at radius 2 is 1.23 bits per heavy atom. The van der Waals surface area contributed by atoms with Crippen LogP contribution in [0.3, 0.4) is 0 Å². The lowest BCUT2D eigenvalue weighted by atomic mass is 9.96. The SMILES string of the molecule is O=C(O)Cc1ccc(CN2CCN(C(c3ccccc3)c3ccccc3)CC2)cc1. The van der Waals surface area contributed by atoms with Gasteiger partial charge in [0.15, 0.2) is 0 Å². The van der Waals surface area contributed by atoms with Crippen molar-refractivity contribution in [2.24, 2.45) is 0 Å². The van der Waals surface area contributed by atoms with E-state index in [0.29, 0.717) is 0 Å². The van der Waals surface area contributed by atoms with Crippen LogP contribution in [0.15, 0.2) is 84.9 Å². The number of aliphatic carboxylic acids is 1. The van der Waals surface area contributed by atoms with Crippen molar-refractivity contribution in [2.45, 2.75) is 19.0 Å². The lowest BCUT2D eigenvalue weighted by Crippen LogP contribution is -2.47. The number of nitrogens with zero attached hydrogens (tertiary/aromatic N) is 2. The molecule has 1 fully saturated rings. The van der Waals surface area contributed by atoms with Gasteiger partial charge in [-0.2, -0.15) is 0 Å². The summed E-state index contributed by atoms with van der Waals surface area (Å²) in [4.78, 5) is 15.9. The van der Waals surface area contributed by atoms with Crippen molar-refractivity contribution in [2.75, 3.05) is 26.2 Å².